The lowest BCUT2D eigenvalue weighted by atomic mass is 9.93. The number of aliphatic hydroxyl groups is 1. The predicted octanol–water partition coefficient (Wildman–Crippen LogP) is 3.66. The number of carbonyl (C=O) groups excluding carboxylic acids is 1. The summed E-state index contributed by atoms with van der Waals surface area (Å²) in [4.78, 5) is 17.3. The van der Waals surface area contributed by atoms with Crippen LogP contribution in [0.4, 0.5) is 5.69 Å². The van der Waals surface area contributed by atoms with Crippen molar-refractivity contribution in [2.75, 3.05) is 5.32 Å². The molecule has 4 aromatic heterocycles. The van der Waals surface area contributed by atoms with Gasteiger partial charge in [-0.1, -0.05) is 6.07 Å². The van der Waals surface area contributed by atoms with Gasteiger partial charge >= 0.3 is 0 Å². The minimum atomic E-state index is -0.370. The maximum Gasteiger partial charge on any atom is 0.291 e. The standard InChI is InChI=1S/C22H22N6O3/c29-16-6-4-15(5-7-16)28-13-18(21(27-28)17-3-1-2-10-23-17)26-22(30)20-9-8-19(31-20)14-11-24-25-12-14/h1-3,8-13,15-16,29H,4-7H2,(H,24,25)(H,26,30)/t15-,16-. The minimum Gasteiger partial charge on any atom is -0.451 e. The molecule has 0 aliphatic heterocycles. The van der Waals surface area contributed by atoms with Crippen LogP contribution in [0, 0.1) is 0 Å². The van der Waals surface area contributed by atoms with Crippen LogP contribution in [0.5, 0.6) is 0 Å². The summed E-state index contributed by atoms with van der Waals surface area (Å²) in [5, 5.41) is 24.1. The average Bonchev–Trinajstić information content (AvgIpc) is 3.55. The molecule has 9 nitrogen and oxygen atoms in total. The maximum atomic E-state index is 12.9. The zero-order chi connectivity index (χ0) is 21.2. The first kappa shape index (κ1) is 19.3. The van der Waals surface area contributed by atoms with E-state index in [9.17, 15) is 9.90 Å². The number of amides is 1. The fraction of sp³-hybridized carbons (Fsp3) is 0.273. The van der Waals surface area contributed by atoms with E-state index in [1.54, 1.807) is 30.7 Å². The second-order valence-electron chi connectivity index (χ2n) is 7.65. The largest absolute Gasteiger partial charge is 0.451 e. The number of carbonyl (C=O) groups is 1. The lowest BCUT2D eigenvalue weighted by molar-refractivity contribution is 0.0997. The van der Waals surface area contributed by atoms with Crippen molar-refractivity contribution in [3.63, 3.8) is 0 Å². The van der Waals surface area contributed by atoms with E-state index >= 15 is 0 Å². The number of hydrogen-bond donors (Lipinski definition) is 3. The molecule has 4 aromatic rings. The van der Waals surface area contributed by atoms with Crippen molar-refractivity contribution < 1.29 is 14.3 Å². The highest BCUT2D eigenvalue weighted by Gasteiger charge is 2.24. The van der Waals surface area contributed by atoms with Crippen molar-refractivity contribution in [1.82, 2.24) is 25.0 Å². The van der Waals surface area contributed by atoms with Gasteiger partial charge in [0.1, 0.15) is 11.5 Å². The molecule has 0 radical (unpaired) electrons. The summed E-state index contributed by atoms with van der Waals surface area (Å²) in [6, 6.07) is 9.11. The SMILES string of the molecule is O=C(Nc1cn([C@H]2CC[C@H](O)CC2)nc1-c1ccccn1)c1ccc(-c2cn[nH]c2)o1. The van der Waals surface area contributed by atoms with E-state index in [0.29, 0.717) is 22.8 Å². The predicted molar refractivity (Wildman–Crippen MR) is 113 cm³/mol. The Labute approximate surface area is 178 Å². The van der Waals surface area contributed by atoms with Crippen LogP contribution in [0.25, 0.3) is 22.7 Å². The van der Waals surface area contributed by atoms with Gasteiger partial charge < -0.3 is 14.8 Å². The van der Waals surface area contributed by atoms with Gasteiger partial charge in [-0.25, -0.2) is 0 Å². The highest BCUT2D eigenvalue weighted by Crippen LogP contribution is 2.33. The maximum absolute atomic E-state index is 12.9. The molecule has 31 heavy (non-hydrogen) atoms. The molecule has 1 amide bonds. The van der Waals surface area contributed by atoms with Crippen LogP contribution in [-0.4, -0.2) is 42.1 Å². The van der Waals surface area contributed by atoms with Crippen LogP contribution >= 0.6 is 0 Å². The van der Waals surface area contributed by atoms with E-state index < -0.39 is 0 Å². The summed E-state index contributed by atoms with van der Waals surface area (Å²) >= 11 is 0. The third-order valence-electron chi connectivity index (χ3n) is 5.54. The molecular weight excluding hydrogens is 396 g/mol. The molecule has 0 spiro atoms. The summed E-state index contributed by atoms with van der Waals surface area (Å²) in [6.45, 7) is 0. The molecule has 0 unspecified atom stereocenters. The van der Waals surface area contributed by atoms with Crippen LogP contribution in [0.1, 0.15) is 42.3 Å². The minimum absolute atomic E-state index is 0.174. The summed E-state index contributed by atoms with van der Waals surface area (Å²) in [6.07, 6.45) is 9.78. The zero-order valence-corrected chi connectivity index (χ0v) is 16.7. The van der Waals surface area contributed by atoms with E-state index in [4.69, 9.17) is 9.52 Å². The van der Waals surface area contributed by atoms with E-state index in [-0.39, 0.29) is 23.8 Å². The molecule has 1 saturated carbocycles. The lowest BCUT2D eigenvalue weighted by Crippen LogP contribution is -2.21. The van der Waals surface area contributed by atoms with Crippen molar-refractivity contribution in [2.24, 2.45) is 0 Å². The number of furan rings is 1. The fourth-order valence-electron chi connectivity index (χ4n) is 3.87. The third kappa shape index (κ3) is 3.99. The van der Waals surface area contributed by atoms with Gasteiger partial charge in [0, 0.05) is 18.6 Å². The van der Waals surface area contributed by atoms with Gasteiger partial charge in [-0.05, 0) is 49.9 Å². The smallest absolute Gasteiger partial charge is 0.291 e. The van der Waals surface area contributed by atoms with Crippen molar-refractivity contribution in [3.05, 3.63) is 60.9 Å². The normalized spacial score (nSPS) is 18.7. The Kier molecular flexibility index (Phi) is 5.09. The molecule has 158 valence electrons. The van der Waals surface area contributed by atoms with Crippen molar-refractivity contribution in [2.45, 2.75) is 37.8 Å². The highest BCUT2D eigenvalue weighted by atomic mass is 16.4. The van der Waals surface area contributed by atoms with Crippen LogP contribution < -0.4 is 5.32 Å². The molecular formula is C22H22N6O3. The number of hydrogen-bond acceptors (Lipinski definition) is 6. The Morgan fingerprint density at radius 3 is 2.81 bits per heavy atom. The Hall–Kier alpha value is -3.72. The van der Waals surface area contributed by atoms with E-state index in [1.807, 2.05) is 29.1 Å². The number of pyridine rings is 1. The van der Waals surface area contributed by atoms with Gasteiger partial charge in [0.05, 0.1) is 35.3 Å². The van der Waals surface area contributed by atoms with Crippen LogP contribution in [0.3, 0.4) is 0 Å². The van der Waals surface area contributed by atoms with Gasteiger partial charge in [0.2, 0.25) is 0 Å². The summed E-state index contributed by atoms with van der Waals surface area (Å²) in [5.41, 5.74) is 2.60. The summed E-state index contributed by atoms with van der Waals surface area (Å²) in [5.74, 6) is 0.377. The first-order valence-corrected chi connectivity index (χ1v) is 10.3. The highest BCUT2D eigenvalue weighted by molar-refractivity contribution is 6.04. The van der Waals surface area contributed by atoms with E-state index in [1.165, 1.54) is 0 Å². The molecule has 3 N–H and O–H groups in total. The first-order chi connectivity index (χ1) is 15.2. The van der Waals surface area contributed by atoms with Gasteiger partial charge in [-0.2, -0.15) is 10.2 Å². The van der Waals surface area contributed by atoms with Gasteiger partial charge in [-0.15, -0.1) is 0 Å². The van der Waals surface area contributed by atoms with Gasteiger partial charge in [0.15, 0.2) is 5.76 Å². The summed E-state index contributed by atoms with van der Waals surface area (Å²) in [7, 11) is 0. The molecule has 1 aliphatic carbocycles. The topological polar surface area (TPSA) is 122 Å². The zero-order valence-electron chi connectivity index (χ0n) is 16.7. The number of nitrogens with zero attached hydrogens (tertiary/aromatic N) is 4. The van der Waals surface area contributed by atoms with E-state index in [2.05, 4.69) is 20.5 Å². The van der Waals surface area contributed by atoms with Crippen molar-refractivity contribution in [3.8, 4) is 22.7 Å². The molecule has 1 fully saturated rings. The van der Waals surface area contributed by atoms with Gasteiger partial charge in [-0.3, -0.25) is 19.6 Å². The molecule has 0 atom stereocenters. The molecule has 5 rings (SSSR count). The molecule has 9 heteroatoms. The third-order valence-corrected chi connectivity index (χ3v) is 5.54. The van der Waals surface area contributed by atoms with E-state index in [0.717, 1.165) is 31.2 Å². The number of aromatic nitrogens is 5. The molecule has 1 aliphatic rings. The summed E-state index contributed by atoms with van der Waals surface area (Å²) < 4.78 is 7.58. The second kappa shape index (κ2) is 8.19. The number of nitrogens with one attached hydrogen (secondary N) is 2. The molecule has 4 heterocycles. The van der Waals surface area contributed by atoms with Gasteiger partial charge in [0.25, 0.3) is 5.91 Å². The fourth-order valence-corrected chi connectivity index (χ4v) is 3.87. The average molecular weight is 418 g/mol. The number of rotatable bonds is 5. The lowest BCUT2D eigenvalue weighted by Gasteiger charge is -2.25. The Bertz CT molecular complexity index is 1160. The number of aliphatic hydroxyl groups excluding tert-OH is 1. The number of aromatic amines is 1. The van der Waals surface area contributed by atoms with Crippen LogP contribution in [0.15, 0.2) is 59.5 Å². The quantitative estimate of drug-likeness (QED) is 0.455. The number of anilines is 1. The Morgan fingerprint density at radius 1 is 1.19 bits per heavy atom. The van der Waals surface area contributed by atoms with Crippen molar-refractivity contribution >= 4 is 11.6 Å². The molecule has 0 saturated heterocycles. The monoisotopic (exact) mass is 418 g/mol. The van der Waals surface area contributed by atoms with Crippen LogP contribution in [-0.2, 0) is 0 Å². The number of H-pyrrole nitrogens is 1. The Morgan fingerprint density at radius 2 is 2.06 bits per heavy atom. The second-order valence-corrected chi connectivity index (χ2v) is 7.65. The molecule has 0 bridgehead atoms. The molecule has 0 aromatic carbocycles. The first-order valence-electron chi connectivity index (χ1n) is 10.3. The van der Waals surface area contributed by atoms with Crippen molar-refractivity contribution in [1.29, 1.82) is 0 Å². The van der Waals surface area contributed by atoms with Crippen LogP contribution in [0.2, 0.25) is 0 Å². The Balaban J connectivity index is 1.42.